The zero-order chi connectivity index (χ0) is 12.8. The zero-order valence-corrected chi connectivity index (χ0v) is 12.1. The average molecular weight is 271 g/mol. The first-order valence-electron chi connectivity index (χ1n) is 7.45. The van der Waals surface area contributed by atoms with E-state index < -0.39 is 9.84 Å². The van der Waals surface area contributed by atoms with Gasteiger partial charge in [-0.2, -0.15) is 0 Å². The molecule has 2 bridgehead atoms. The van der Waals surface area contributed by atoms with Gasteiger partial charge in [0.05, 0.1) is 11.5 Å². The lowest BCUT2D eigenvalue weighted by atomic mass is 9.81. The van der Waals surface area contributed by atoms with Crippen LogP contribution in [-0.4, -0.2) is 33.0 Å². The minimum absolute atomic E-state index is 0.360. The van der Waals surface area contributed by atoms with Crippen LogP contribution in [0.3, 0.4) is 0 Å². The van der Waals surface area contributed by atoms with Crippen molar-refractivity contribution >= 4 is 9.84 Å². The van der Waals surface area contributed by atoms with Crippen LogP contribution in [0, 0.1) is 23.7 Å². The van der Waals surface area contributed by atoms with Gasteiger partial charge in [-0.1, -0.05) is 6.42 Å². The molecule has 5 atom stereocenters. The number of sulfone groups is 1. The molecule has 2 aliphatic carbocycles. The molecule has 5 unspecified atom stereocenters. The van der Waals surface area contributed by atoms with E-state index in [4.69, 9.17) is 0 Å². The van der Waals surface area contributed by atoms with Crippen molar-refractivity contribution in [2.24, 2.45) is 23.7 Å². The molecule has 3 fully saturated rings. The van der Waals surface area contributed by atoms with E-state index in [0.717, 1.165) is 24.2 Å². The molecule has 18 heavy (non-hydrogen) atoms. The molecule has 1 saturated heterocycles. The first-order chi connectivity index (χ1) is 8.57. The molecule has 0 aromatic rings. The Balaban J connectivity index is 1.60. The Kier molecular flexibility index (Phi) is 3.43. The van der Waals surface area contributed by atoms with Crippen molar-refractivity contribution in [1.82, 2.24) is 5.32 Å². The summed E-state index contributed by atoms with van der Waals surface area (Å²) in [5.41, 5.74) is 0. The molecule has 2 saturated carbocycles. The topological polar surface area (TPSA) is 46.2 Å². The molecule has 4 heteroatoms. The van der Waals surface area contributed by atoms with Crippen molar-refractivity contribution in [3.05, 3.63) is 0 Å². The maximum atomic E-state index is 11.6. The van der Waals surface area contributed by atoms with Crippen LogP contribution in [0.1, 0.15) is 38.5 Å². The molecule has 0 radical (unpaired) electrons. The smallest absolute Gasteiger partial charge is 0.150 e. The molecule has 1 heterocycles. The molecule has 104 valence electrons. The van der Waals surface area contributed by atoms with Gasteiger partial charge >= 0.3 is 0 Å². The maximum absolute atomic E-state index is 11.6. The number of hydrogen-bond donors (Lipinski definition) is 1. The van der Waals surface area contributed by atoms with Gasteiger partial charge in [-0.3, -0.25) is 0 Å². The summed E-state index contributed by atoms with van der Waals surface area (Å²) in [5.74, 6) is 3.99. The molecule has 0 aromatic carbocycles. The van der Waals surface area contributed by atoms with Gasteiger partial charge in [0.15, 0.2) is 9.84 Å². The molecule has 3 aliphatic rings. The van der Waals surface area contributed by atoms with Gasteiger partial charge < -0.3 is 5.32 Å². The van der Waals surface area contributed by atoms with E-state index >= 15 is 0 Å². The van der Waals surface area contributed by atoms with Gasteiger partial charge in [-0.05, 0) is 62.8 Å². The molecule has 0 spiro atoms. The summed E-state index contributed by atoms with van der Waals surface area (Å²) in [6.07, 6.45) is 7.80. The van der Waals surface area contributed by atoms with Gasteiger partial charge in [0.1, 0.15) is 0 Å². The van der Waals surface area contributed by atoms with Crippen molar-refractivity contribution < 1.29 is 8.42 Å². The van der Waals surface area contributed by atoms with E-state index in [9.17, 15) is 8.42 Å². The minimum Gasteiger partial charge on any atom is -0.317 e. The summed E-state index contributed by atoms with van der Waals surface area (Å²) >= 11 is 0. The number of nitrogens with one attached hydrogen (secondary N) is 1. The Morgan fingerprint density at radius 2 is 2.06 bits per heavy atom. The van der Waals surface area contributed by atoms with Crippen molar-refractivity contribution in [3.8, 4) is 0 Å². The molecule has 1 N–H and O–H groups in total. The van der Waals surface area contributed by atoms with Crippen LogP contribution < -0.4 is 5.32 Å². The fourth-order valence-corrected chi connectivity index (χ4v) is 6.56. The van der Waals surface area contributed by atoms with Crippen LogP contribution in [0.15, 0.2) is 0 Å². The third-order valence-electron chi connectivity index (χ3n) is 5.65. The van der Waals surface area contributed by atoms with E-state index in [1.165, 1.54) is 32.1 Å². The molecular weight excluding hydrogens is 246 g/mol. The van der Waals surface area contributed by atoms with E-state index in [0.29, 0.717) is 23.5 Å². The number of hydrogen-bond acceptors (Lipinski definition) is 3. The largest absolute Gasteiger partial charge is 0.317 e. The zero-order valence-electron chi connectivity index (χ0n) is 11.3. The monoisotopic (exact) mass is 271 g/mol. The van der Waals surface area contributed by atoms with Crippen molar-refractivity contribution in [3.63, 3.8) is 0 Å². The SMILES string of the molecule is CNC(CC1CC2CCC1C2)C1CCS(=O)(=O)C1. The van der Waals surface area contributed by atoms with E-state index in [1.807, 2.05) is 7.05 Å². The molecular formula is C14H25NO2S. The standard InChI is InChI=1S/C14H25NO2S/c1-15-14(12-4-5-18(16,17)9-12)8-13-7-10-2-3-11(13)6-10/h10-15H,2-9H2,1H3. The lowest BCUT2D eigenvalue weighted by molar-refractivity contribution is 0.251. The van der Waals surface area contributed by atoms with Crippen LogP contribution >= 0.6 is 0 Å². The van der Waals surface area contributed by atoms with Crippen LogP contribution in [-0.2, 0) is 9.84 Å². The molecule has 0 amide bonds. The first-order valence-corrected chi connectivity index (χ1v) is 9.27. The number of fused-ring (bicyclic) bond motifs is 2. The third kappa shape index (κ3) is 2.46. The normalized spacial score (nSPS) is 43.4. The number of rotatable bonds is 4. The van der Waals surface area contributed by atoms with Gasteiger partial charge in [0.2, 0.25) is 0 Å². The quantitative estimate of drug-likeness (QED) is 0.848. The summed E-state index contributed by atoms with van der Waals surface area (Å²) in [4.78, 5) is 0. The minimum atomic E-state index is -2.73. The maximum Gasteiger partial charge on any atom is 0.150 e. The third-order valence-corrected chi connectivity index (χ3v) is 7.44. The highest BCUT2D eigenvalue weighted by atomic mass is 32.2. The highest BCUT2D eigenvalue weighted by molar-refractivity contribution is 7.91. The predicted octanol–water partition coefficient (Wildman–Crippen LogP) is 1.84. The Labute approximate surface area is 111 Å². The van der Waals surface area contributed by atoms with E-state index in [-0.39, 0.29) is 0 Å². The fourth-order valence-electron chi connectivity index (χ4n) is 4.68. The van der Waals surface area contributed by atoms with Crippen molar-refractivity contribution in [1.29, 1.82) is 0 Å². The average Bonchev–Trinajstić information content (AvgIpc) is 3.00. The van der Waals surface area contributed by atoms with Crippen molar-refractivity contribution in [2.45, 2.75) is 44.6 Å². The second-order valence-electron chi connectivity index (χ2n) is 6.73. The van der Waals surface area contributed by atoms with Gasteiger partial charge in [0.25, 0.3) is 0 Å². The Bertz CT molecular complexity index is 406. The fraction of sp³-hybridized carbons (Fsp3) is 1.00. The van der Waals surface area contributed by atoms with Crippen LogP contribution in [0.4, 0.5) is 0 Å². The summed E-state index contributed by atoms with van der Waals surface area (Å²) in [6.45, 7) is 0. The molecule has 3 rings (SSSR count). The Hall–Kier alpha value is -0.0900. The first kappa shape index (κ1) is 12.9. The summed E-state index contributed by atoms with van der Waals surface area (Å²) < 4.78 is 23.2. The molecule has 0 aromatic heterocycles. The van der Waals surface area contributed by atoms with E-state index in [1.54, 1.807) is 0 Å². The van der Waals surface area contributed by atoms with Crippen molar-refractivity contribution in [2.75, 3.05) is 18.6 Å². The Morgan fingerprint density at radius 3 is 2.56 bits per heavy atom. The lowest BCUT2D eigenvalue weighted by Gasteiger charge is -2.29. The Morgan fingerprint density at radius 1 is 1.22 bits per heavy atom. The molecule has 3 nitrogen and oxygen atoms in total. The summed E-state index contributed by atoms with van der Waals surface area (Å²) in [6, 6.07) is 0.423. The van der Waals surface area contributed by atoms with Crippen LogP contribution in [0.2, 0.25) is 0 Å². The lowest BCUT2D eigenvalue weighted by Crippen LogP contribution is -2.37. The van der Waals surface area contributed by atoms with Gasteiger partial charge in [0, 0.05) is 6.04 Å². The second kappa shape index (κ2) is 4.78. The van der Waals surface area contributed by atoms with Gasteiger partial charge in [-0.15, -0.1) is 0 Å². The highest BCUT2D eigenvalue weighted by Gasteiger charge is 2.42. The highest BCUT2D eigenvalue weighted by Crippen LogP contribution is 2.50. The summed E-state index contributed by atoms with van der Waals surface area (Å²) in [5, 5.41) is 3.40. The van der Waals surface area contributed by atoms with E-state index in [2.05, 4.69) is 5.32 Å². The second-order valence-corrected chi connectivity index (χ2v) is 8.96. The molecule has 1 aliphatic heterocycles. The van der Waals surface area contributed by atoms with Crippen LogP contribution in [0.25, 0.3) is 0 Å². The predicted molar refractivity (Wildman–Crippen MR) is 73.2 cm³/mol. The van der Waals surface area contributed by atoms with Gasteiger partial charge in [-0.25, -0.2) is 8.42 Å². The van der Waals surface area contributed by atoms with Crippen LogP contribution in [0.5, 0.6) is 0 Å². The summed E-state index contributed by atoms with van der Waals surface area (Å²) in [7, 11) is -0.732.